The normalized spacial score (nSPS) is 25.9. The molecule has 1 N–H and O–H groups in total. The quantitative estimate of drug-likeness (QED) is 0.655. The molecular formula is C23H31N7O2. The van der Waals surface area contributed by atoms with E-state index < -0.39 is 0 Å². The van der Waals surface area contributed by atoms with Crippen molar-refractivity contribution in [1.29, 1.82) is 0 Å². The Labute approximate surface area is 188 Å². The molecule has 6 rings (SSSR count). The zero-order chi connectivity index (χ0) is 21.3. The van der Waals surface area contributed by atoms with Gasteiger partial charge in [-0.15, -0.1) is 0 Å². The lowest BCUT2D eigenvalue weighted by Crippen LogP contribution is -2.46. The van der Waals surface area contributed by atoms with E-state index in [4.69, 9.17) is 14.5 Å². The van der Waals surface area contributed by atoms with Crippen LogP contribution in [0, 0.1) is 0 Å². The fraction of sp³-hybridized carbons (Fsp3) is 0.652. The molecule has 1 saturated carbocycles. The maximum atomic E-state index is 5.52. The Morgan fingerprint density at radius 3 is 2.41 bits per heavy atom. The minimum atomic E-state index is 0.441. The van der Waals surface area contributed by atoms with Crippen LogP contribution in [0.5, 0.6) is 0 Å². The highest BCUT2D eigenvalue weighted by atomic mass is 16.5. The van der Waals surface area contributed by atoms with Crippen molar-refractivity contribution in [3.8, 4) is 11.3 Å². The van der Waals surface area contributed by atoms with Gasteiger partial charge in [0.25, 0.3) is 0 Å². The van der Waals surface area contributed by atoms with Crippen molar-refractivity contribution in [2.75, 3.05) is 62.8 Å². The van der Waals surface area contributed by atoms with E-state index in [1.54, 1.807) is 6.33 Å². The van der Waals surface area contributed by atoms with Gasteiger partial charge >= 0.3 is 0 Å². The van der Waals surface area contributed by atoms with Crippen molar-refractivity contribution >= 4 is 11.8 Å². The molecule has 0 radical (unpaired) electrons. The van der Waals surface area contributed by atoms with Gasteiger partial charge in [-0.2, -0.15) is 0 Å². The second kappa shape index (κ2) is 8.88. The molecule has 32 heavy (non-hydrogen) atoms. The van der Waals surface area contributed by atoms with E-state index in [1.165, 1.54) is 12.8 Å². The van der Waals surface area contributed by atoms with Crippen LogP contribution in [0.1, 0.15) is 36.9 Å². The lowest BCUT2D eigenvalue weighted by Gasteiger charge is -2.39. The number of hydrogen-bond acceptors (Lipinski definition) is 9. The van der Waals surface area contributed by atoms with Gasteiger partial charge < -0.3 is 19.7 Å². The zero-order valence-corrected chi connectivity index (χ0v) is 18.5. The summed E-state index contributed by atoms with van der Waals surface area (Å²) in [4.78, 5) is 23.6. The van der Waals surface area contributed by atoms with Gasteiger partial charge in [0, 0.05) is 56.4 Å². The molecule has 170 valence electrons. The first-order valence-electron chi connectivity index (χ1n) is 12.0. The molecule has 2 saturated heterocycles. The van der Waals surface area contributed by atoms with Crippen molar-refractivity contribution in [3.63, 3.8) is 0 Å². The first-order chi connectivity index (χ1) is 15.8. The van der Waals surface area contributed by atoms with Crippen molar-refractivity contribution in [3.05, 3.63) is 23.8 Å². The monoisotopic (exact) mass is 437 g/mol. The second-order valence-electron chi connectivity index (χ2n) is 9.16. The summed E-state index contributed by atoms with van der Waals surface area (Å²) in [6, 6.07) is 1.13. The molecule has 9 heteroatoms. The highest BCUT2D eigenvalue weighted by Crippen LogP contribution is 2.39. The molecule has 0 spiro atoms. The van der Waals surface area contributed by atoms with Crippen molar-refractivity contribution in [2.24, 2.45) is 0 Å². The summed E-state index contributed by atoms with van der Waals surface area (Å²) in [6.07, 6.45) is 9.20. The van der Waals surface area contributed by atoms with Gasteiger partial charge in [0.05, 0.1) is 43.4 Å². The van der Waals surface area contributed by atoms with Gasteiger partial charge in [-0.3, -0.25) is 4.90 Å². The fourth-order valence-electron chi connectivity index (χ4n) is 5.48. The van der Waals surface area contributed by atoms with Crippen molar-refractivity contribution < 1.29 is 9.47 Å². The molecule has 2 aliphatic carbocycles. The van der Waals surface area contributed by atoms with Crippen LogP contribution in [0.2, 0.25) is 0 Å². The number of anilines is 2. The van der Waals surface area contributed by atoms with Crippen LogP contribution in [-0.2, 0) is 15.9 Å². The lowest BCUT2D eigenvalue weighted by molar-refractivity contribution is 0.00791. The summed E-state index contributed by atoms with van der Waals surface area (Å²) in [5.74, 6) is 1.70. The molecule has 2 aliphatic heterocycles. The van der Waals surface area contributed by atoms with Gasteiger partial charge in [-0.05, 0) is 25.7 Å². The zero-order valence-electron chi connectivity index (χ0n) is 18.5. The van der Waals surface area contributed by atoms with Crippen LogP contribution in [0.3, 0.4) is 0 Å². The molecule has 4 aliphatic rings. The van der Waals surface area contributed by atoms with Gasteiger partial charge in [0.1, 0.15) is 12.1 Å². The number of ether oxygens (including phenoxy) is 2. The molecule has 0 aromatic carbocycles. The smallest absolute Gasteiger partial charge is 0.226 e. The van der Waals surface area contributed by atoms with Crippen LogP contribution >= 0.6 is 0 Å². The highest BCUT2D eigenvalue weighted by Gasteiger charge is 2.31. The Morgan fingerprint density at radius 1 is 0.875 bits per heavy atom. The summed E-state index contributed by atoms with van der Waals surface area (Å²) in [5, 5.41) is 3.76. The third kappa shape index (κ3) is 3.93. The first kappa shape index (κ1) is 20.3. The maximum absolute atomic E-state index is 5.52. The molecule has 0 atom stereocenters. The molecular weight excluding hydrogens is 406 g/mol. The number of morpholine rings is 2. The number of fused-ring (bicyclic) bond motifs is 3. The third-order valence-electron chi connectivity index (χ3n) is 7.27. The molecule has 0 amide bonds. The Morgan fingerprint density at radius 2 is 1.62 bits per heavy atom. The Bertz CT molecular complexity index is 951. The SMILES string of the molecule is c1nc2c(c(NC3CCC(N4CCOCC4)CC3)n1)-c1nc(N3CCOCC3)ncc1C2. The average molecular weight is 438 g/mol. The summed E-state index contributed by atoms with van der Waals surface area (Å²) in [5.41, 5.74) is 4.24. The van der Waals surface area contributed by atoms with Crippen LogP contribution in [0.4, 0.5) is 11.8 Å². The number of nitrogens with one attached hydrogen (secondary N) is 1. The number of hydrogen-bond donors (Lipinski definition) is 1. The average Bonchev–Trinajstić information content (AvgIpc) is 3.24. The molecule has 2 aromatic rings. The Balaban J connectivity index is 1.18. The van der Waals surface area contributed by atoms with Gasteiger partial charge in [0.2, 0.25) is 5.95 Å². The second-order valence-corrected chi connectivity index (χ2v) is 9.16. The lowest BCUT2D eigenvalue weighted by atomic mass is 9.90. The van der Waals surface area contributed by atoms with Crippen molar-refractivity contribution in [1.82, 2.24) is 24.8 Å². The highest BCUT2D eigenvalue weighted by molar-refractivity contribution is 5.81. The summed E-state index contributed by atoms with van der Waals surface area (Å²) in [7, 11) is 0. The fourth-order valence-corrected chi connectivity index (χ4v) is 5.48. The van der Waals surface area contributed by atoms with Crippen molar-refractivity contribution in [2.45, 2.75) is 44.2 Å². The molecule has 9 nitrogen and oxygen atoms in total. The Hall–Kier alpha value is -2.36. The summed E-state index contributed by atoms with van der Waals surface area (Å²) in [6.45, 7) is 7.00. The van der Waals surface area contributed by atoms with Crippen LogP contribution in [0.25, 0.3) is 11.3 Å². The predicted molar refractivity (Wildman–Crippen MR) is 121 cm³/mol. The maximum Gasteiger partial charge on any atom is 0.226 e. The molecule has 4 heterocycles. The Kier molecular flexibility index (Phi) is 5.62. The van der Waals surface area contributed by atoms with Gasteiger partial charge in [-0.1, -0.05) is 0 Å². The van der Waals surface area contributed by atoms with E-state index in [-0.39, 0.29) is 0 Å². The molecule has 2 aromatic heterocycles. The van der Waals surface area contributed by atoms with E-state index in [2.05, 4.69) is 30.1 Å². The van der Waals surface area contributed by atoms with E-state index in [0.717, 1.165) is 106 Å². The van der Waals surface area contributed by atoms with Gasteiger partial charge in [0.15, 0.2) is 0 Å². The molecule has 3 fully saturated rings. The van der Waals surface area contributed by atoms with Crippen LogP contribution < -0.4 is 10.2 Å². The van der Waals surface area contributed by atoms with E-state index >= 15 is 0 Å². The van der Waals surface area contributed by atoms with E-state index in [0.29, 0.717) is 12.1 Å². The first-order valence-corrected chi connectivity index (χ1v) is 12.0. The molecule has 0 unspecified atom stereocenters. The molecule has 0 bridgehead atoms. The number of aromatic nitrogens is 4. The minimum absolute atomic E-state index is 0.441. The number of nitrogens with zero attached hydrogens (tertiary/aromatic N) is 6. The van der Waals surface area contributed by atoms with Gasteiger partial charge in [-0.25, -0.2) is 19.9 Å². The van der Waals surface area contributed by atoms with Crippen LogP contribution in [0.15, 0.2) is 12.5 Å². The van der Waals surface area contributed by atoms with E-state index in [1.807, 2.05) is 6.20 Å². The predicted octanol–water partition coefficient (Wildman–Crippen LogP) is 1.73. The minimum Gasteiger partial charge on any atom is -0.379 e. The van der Waals surface area contributed by atoms with E-state index in [9.17, 15) is 0 Å². The summed E-state index contributed by atoms with van der Waals surface area (Å²) >= 11 is 0. The summed E-state index contributed by atoms with van der Waals surface area (Å²) < 4.78 is 11.0. The topological polar surface area (TPSA) is 88.5 Å². The third-order valence-corrected chi connectivity index (χ3v) is 7.27. The largest absolute Gasteiger partial charge is 0.379 e. The standard InChI is InChI=1S/C23H31N7O2/c1-3-18(29-5-9-31-10-6-29)4-2-17(1)27-22-20-19(25-15-26-22)13-16-14-24-23(28-21(16)20)30-7-11-32-12-8-30/h14-15,17-18H,1-13H2,(H,25,26,27). The van der Waals surface area contributed by atoms with Crippen LogP contribution in [-0.4, -0.2) is 89.5 Å². The number of rotatable bonds is 4.